The molecular weight excluding hydrogens is 584 g/mol. The lowest BCUT2D eigenvalue weighted by Crippen LogP contribution is -2.41. The fourth-order valence-electron chi connectivity index (χ4n) is 7.68. The number of nitrogens with zero attached hydrogens (tertiary/aromatic N) is 2. The summed E-state index contributed by atoms with van der Waals surface area (Å²) in [6.07, 6.45) is 14.4. The van der Waals surface area contributed by atoms with Crippen molar-refractivity contribution in [1.29, 1.82) is 0 Å². The Kier molecular flexibility index (Phi) is 8.54. The van der Waals surface area contributed by atoms with Crippen LogP contribution in [0.1, 0.15) is 51.7 Å². The molecule has 6 nitrogen and oxygen atoms in total. The summed E-state index contributed by atoms with van der Waals surface area (Å²) in [6, 6.07) is 25.2. The van der Waals surface area contributed by atoms with Gasteiger partial charge in [0.2, 0.25) is 0 Å². The average molecular weight is 627 g/mol. The first-order valence-corrected chi connectivity index (χ1v) is 16.3. The third kappa shape index (κ3) is 5.85. The van der Waals surface area contributed by atoms with Crippen LogP contribution in [0.4, 0.5) is 11.4 Å². The van der Waals surface area contributed by atoms with Gasteiger partial charge in [0, 0.05) is 41.0 Å². The van der Waals surface area contributed by atoms with Crippen molar-refractivity contribution in [2.24, 2.45) is 0 Å². The second-order valence-electron chi connectivity index (χ2n) is 13.5. The van der Waals surface area contributed by atoms with Gasteiger partial charge in [-0.25, -0.2) is 0 Å². The first-order chi connectivity index (χ1) is 22.5. The van der Waals surface area contributed by atoms with Crippen molar-refractivity contribution in [3.63, 3.8) is 0 Å². The van der Waals surface area contributed by atoms with Crippen molar-refractivity contribution < 1.29 is 19.8 Å². The Morgan fingerprint density at radius 2 is 1.23 bits per heavy atom. The molecule has 0 fully saturated rings. The molecule has 0 spiro atoms. The highest BCUT2D eigenvalue weighted by Gasteiger charge is 2.44. The Balaban J connectivity index is 1.25. The van der Waals surface area contributed by atoms with Gasteiger partial charge < -0.3 is 20.0 Å². The van der Waals surface area contributed by atoms with E-state index >= 15 is 0 Å². The third-order valence-corrected chi connectivity index (χ3v) is 9.80. The van der Waals surface area contributed by atoms with Gasteiger partial charge in [-0.3, -0.25) is 9.59 Å². The van der Waals surface area contributed by atoms with E-state index in [1.54, 1.807) is 0 Å². The summed E-state index contributed by atoms with van der Waals surface area (Å²) < 4.78 is 0. The van der Waals surface area contributed by atoms with E-state index < -0.39 is 11.9 Å². The average Bonchev–Trinajstić information content (AvgIpc) is 3.40. The number of fused-ring (bicyclic) bond motifs is 6. The fraction of sp³-hybridized carbons (Fsp3) is 0.268. The monoisotopic (exact) mass is 626 g/mol. The summed E-state index contributed by atoms with van der Waals surface area (Å²) in [7, 11) is 0. The number of allylic oxidation sites excluding steroid dienone is 7. The Morgan fingerprint density at radius 3 is 1.89 bits per heavy atom. The van der Waals surface area contributed by atoms with Crippen molar-refractivity contribution in [1.82, 2.24) is 0 Å². The Morgan fingerprint density at radius 1 is 0.681 bits per heavy atom. The van der Waals surface area contributed by atoms with E-state index in [4.69, 9.17) is 0 Å². The SMILES string of the molecule is CC1(C)C(=CC=CC=CC=CC2N(CCC(=O)O)c3ccc4ccccc4c3C2(C)C)N(CCC(=O)O)c2ccc3ccccc3c21. The van der Waals surface area contributed by atoms with E-state index in [1.165, 1.54) is 32.7 Å². The smallest absolute Gasteiger partial charge is 0.305 e. The molecule has 4 aromatic carbocycles. The number of carbonyl (C=O) groups is 2. The molecule has 0 amide bonds. The van der Waals surface area contributed by atoms with Crippen molar-refractivity contribution in [3.05, 3.63) is 132 Å². The van der Waals surface area contributed by atoms with Gasteiger partial charge in [0.1, 0.15) is 0 Å². The molecule has 240 valence electrons. The number of hydrogen-bond acceptors (Lipinski definition) is 4. The van der Waals surface area contributed by atoms with Crippen molar-refractivity contribution in [3.8, 4) is 0 Å². The van der Waals surface area contributed by atoms with Gasteiger partial charge in [0.15, 0.2) is 0 Å². The van der Waals surface area contributed by atoms with Crippen LogP contribution in [-0.2, 0) is 20.4 Å². The minimum Gasteiger partial charge on any atom is -0.481 e. The predicted octanol–water partition coefficient (Wildman–Crippen LogP) is 8.76. The maximum atomic E-state index is 11.6. The van der Waals surface area contributed by atoms with Gasteiger partial charge in [-0.15, -0.1) is 0 Å². The first kappa shape index (κ1) is 31.9. The molecule has 1 atom stereocenters. The molecule has 0 aromatic heterocycles. The predicted molar refractivity (Wildman–Crippen MR) is 192 cm³/mol. The highest BCUT2D eigenvalue weighted by Crippen LogP contribution is 2.51. The molecule has 2 aliphatic rings. The van der Waals surface area contributed by atoms with Gasteiger partial charge in [0.25, 0.3) is 0 Å². The first-order valence-electron chi connectivity index (χ1n) is 16.3. The second-order valence-corrected chi connectivity index (χ2v) is 13.5. The molecule has 6 heteroatoms. The van der Waals surface area contributed by atoms with Crippen molar-refractivity contribution >= 4 is 44.9 Å². The topological polar surface area (TPSA) is 81.1 Å². The Hall–Kier alpha value is -5.10. The van der Waals surface area contributed by atoms with Crippen LogP contribution in [0, 0.1) is 0 Å². The summed E-state index contributed by atoms with van der Waals surface area (Å²) in [5, 5.41) is 23.7. The van der Waals surface area contributed by atoms with Crippen LogP contribution in [0.25, 0.3) is 21.5 Å². The zero-order valence-electron chi connectivity index (χ0n) is 27.5. The molecule has 0 bridgehead atoms. The van der Waals surface area contributed by atoms with Crippen LogP contribution in [0.5, 0.6) is 0 Å². The zero-order valence-corrected chi connectivity index (χ0v) is 27.5. The minimum absolute atomic E-state index is 0.00573. The molecule has 2 heterocycles. The van der Waals surface area contributed by atoms with E-state index in [0.29, 0.717) is 13.1 Å². The Bertz CT molecular complexity index is 1980. The van der Waals surface area contributed by atoms with Crippen molar-refractivity contribution in [2.75, 3.05) is 22.9 Å². The lowest BCUT2D eigenvalue weighted by molar-refractivity contribution is -0.137. The molecule has 4 aromatic rings. The molecule has 6 rings (SSSR count). The quantitative estimate of drug-likeness (QED) is 0.171. The minimum atomic E-state index is -0.815. The summed E-state index contributed by atoms with van der Waals surface area (Å²) in [5.41, 5.74) is 5.17. The number of carboxylic acid groups (broad SMARTS) is 2. The number of carboxylic acids is 2. The largest absolute Gasteiger partial charge is 0.481 e. The number of hydrogen-bond donors (Lipinski definition) is 2. The molecule has 2 N–H and O–H groups in total. The summed E-state index contributed by atoms with van der Waals surface area (Å²) in [5.74, 6) is -1.62. The third-order valence-electron chi connectivity index (χ3n) is 9.80. The highest BCUT2D eigenvalue weighted by molar-refractivity contribution is 5.95. The molecule has 2 aliphatic heterocycles. The number of anilines is 2. The molecule has 0 radical (unpaired) electrons. The maximum Gasteiger partial charge on any atom is 0.305 e. The van der Waals surface area contributed by atoms with E-state index in [9.17, 15) is 19.8 Å². The van der Waals surface area contributed by atoms with Crippen molar-refractivity contribution in [2.45, 2.75) is 57.4 Å². The zero-order chi connectivity index (χ0) is 33.3. The normalized spacial score (nSPS) is 19.1. The van der Waals surface area contributed by atoms with Crippen LogP contribution < -0.4 is 9.80 Å². The van der Waals surface area contributed by atoms with E-state index in [1.807, 2.05) is 42.5 Å². The number of aliphatic carboxylic acids is 2. The van der Waals surface area contributed by atoms with Crippen LogP contribution in [-0.4, -0.2) is 41.3 Å². The lowest BCUT2D eigenvalue weighted by Gasteiger charge is -2.32. The van der Waals surface area contributed by atoms with Gasteiger partial charge in [-0.2, -0.15) is 0 Å². The Labute approximate surface area is 276 Å². The van der Waals surface area contributed by atoms with Gasteiger partial charge in [0.05, 0.1) is 18.9 Å². The lowest BCUT2D eigenvalue weighted by atomic mass is 9.78. The van der Waals surface area contributed by atoms with Crippen LogP contribution in [0.15, 0.2) is 121 Å². The highest BCUT2D eigenvalue weighted by atomic mass is 16.4. The number of rotatable bonds is 10. The summed E-state index contributed by atoms with van der Waals surface area (Å²) >= 11 is 0. The summed E-state index contributed by atoms with van der Waals surface area (Å²) in [6.45, 7) is 9.72. The maximum absolute atomic E-state index is 11.6. The molecular formula is C41H42N2O4. The van der Waals surface area contributed by atoms with E-state index in [0.717, 1.165) is 17.1 Å². The van der Waals surface area contributed by atoms with Gasteiger partial charge in [-0.05, 0) is 50.9 Å². The fourth-order valence-corrected chi connectivity index (χ4v) is 7.68. The molecule has 1 unspecified atom stereocenters. The van der Waals surface area contributed by atoms with E-state index in [2.05, 4.69) is 110 Å². The van der Waals surface area contributed by atoms with Crippen LogP contribution in [0.2, 0.25) is 0 Å². The van der Waals surface area contributed by atoms with Crippen LogP contribution in [0.3, 0.4) is 0 Å². The molecule has 0 saturated carbocycles. The molecule has 0 saturated heterocycles. The standard InChI is InChI=1S/C41H42N2O4/c1-40(2)34(42(26-24-36(44)45)32-22-20-28-14-10-12-16-30(28)38(32)40)18-8-6-5-7-9-19-35-41(3,4)39-31-17-13-11-15-29(31)21-23-33(39)43(35)27-25-37(46)47/h5-23,34H,24-27H2,1-4H3,(H,44,45)(H,46,47). The number of benzene rings is 4. The molecule has 0 aliphatic carbocycles. The summed E-state index contributed by atoms with van der Waals surface area (Å²) in [4.78, 5) is 27.5. The molecule has 47 heavy (non-hydrogen) atoms. The van der Waals surface area contributed by atoms with E-state index in [-0.39, 0.29) is 29.7 Å². The van der Waals surface area contributed by atoms with Gasteiger partial charge in [-0.1, -0.05) is 125 Å². The van der Waals surface area contributed by atoms with Gasteiger partial charge >= 0.3 is 11.9 Å². The van der Waals surface area contributed by atoms with Crippen LogP contribution >= 0.6 is 0 Å². The second kappa shape index (κ2) is 12.6.